The predicted octanol–water partition coefficient (Wildman–Crippen LogP) is 9.53. The number of halogens is 1. The first-order valence-corrected chi connectivity index (χ1v) is 27.8. The Bertz CT molecular complexity index is 2910. The summed E-state index contributed by atoms with van der Waals surface area (Å²) in [6, 6.07) is 30.4. The lowest BCUT2D eigenvalue weighted by molar-refractivity contribution is -0.162. The molecule has 17 nitrogen and oxygen atoms in total. The molecule has 0 spiro atoms. The van der Waals surface area contributed by atoms with Crippen molar-refractivity contribution in [2.24, 2.45) is 0 Å². The van der Waals surface area contributed by atoms with E-state index in [-0.39, 0.29) is 30.8 Å². The van der Waals surface area contributed by atoms with Crippen molar-refractivity contribution >= 4 is 28.8 Å². The molecule has 0 unspecified atom stereocenters. The minimum Gasteiger partial charge on any atom is -0.493 e. The van der Waals surface area contributed by atoms with Gasteiger partial charge in [-0.2, -0.15) is 0 Å². The molecule has 3 atom stereocenters. The third kappa shape index (κ3) is 18.1. The SMILES string of the molecule is CC[C@H](C(=O)N1CCCC[C@H]1C(=O)O[C@H](CCc1ccc(OC)c(OC)c1)c1cccc(OCC(=O)NCCOCCOCCOCCNCc2ccc3cc(CCc4ccc(F)cc4)oc3c2)c1)c1cc(OC)c(OC)c(OC)c1. The van der Waals surface area contributed by atoms with Crippen molar-refractivity contribution in [1.29, 1.82) is 0 Å². The van der Waals surface area contributed by atoms with Crippen LogP contribution in [0.15, 0.2) is 108 Å². The summed E-state index contributed by atoms with van der Waals surface area (Å²) in [5.41, 5.74) is 5.33. The van der Waals surface area contributed by atoms with Gasteiger partial charge in [-0.15, -0.1) is 0 Å². The second-order valence-electron chi connectivity index (χ2n) is 19.6. The minimum absolute atomic E-state index is 0.187. The first-order valence-electron chi connectivity index (χ1n) is 27.8. The van der Waals surface area contributed by atoms with Crippen LogP contribution in [0.1, 0.15) is 84.6 Å². The van der Waals surface area contributed by atoms with Crippen LogP contribution in [0.25, 0.3) is 11.0 Å². The quantitative estimate of drug-likeness (QED) is 0.0287. The number of fused-ring (bicyclic) bond motifs is 1. The fourth-order valence-electron chi connectivity index (χ4n) is 9.81. The highest BCUT2D eigenvalue weighted by Crippen LogP contribution is 2.42. The molecule has 81 heavy (non-hydrogen) atoms. The molecular formula is C63H78FN3O14. The van der Waals surface area contributed by atoms with E-state index in [1.807, 2.05) is 31.2 Å². The zero-order chi connectivity index (χ0) is 57.3. The molecule has 2 amide bonds. The van der Waals surface area contributed by atoms with Crippen LogP contribution in [0.3, 0.4) is 0 Å². The number of hydrogen-bond acceptors (Lipinski definition) is 15. The third-order valence-electron chi connectivity index (χ3n) is 14.1. The Morgan fingerprint density at radius 1 is 0.667 bits per heavy atom. The summed E-state index contributed by atoms with van der Waals surface area (Å²) in [5.74, 6) is 1.96. The number of ether oxygens (including phenoxy) is 10. The van der Waals surface area contributed by atoms with E-state index in [0.717, 1.165) is 59.1 Å². The summed E-state index contributed by atoms with van der Waals surface area (Å²) in [7, 11) is 7.75. The van der Waals surface area contributed by atoms with Gasteiger partial charge in [-0.3, -0.25) is 9.59 Å². The maximum Gasteiger partial charge on any atom is 0.329 e. The molecular weight excluding hydrogens is 1040 g/mol. The van der Waals surface area contributed by atoms with Crippen LogP contribution in [0.4, 0.5) is 4.39 Å². The van der Waals surface area contributed by atoms with Crippen molar-refractivity contribution < 1.29 is 70.6 Å². The molecule has 0 aliphatic carbocycles. The molecule has 1 aromatic heterocycles. The van der Waals surface area contributed by atoms with Gasteiger partial charge in [0, 0.05) is 38.0 Å². The summed E-state index contributed by atoms with van der Waals surface area (Å²) in [6.45, 7) is 6.18. The van der Waals surface area contributed by atoms with Crippen molar-refractivity contribution in [1.82, 2.24) is 15.5 Å². The molecule has 0 bridgehead atoms. The highest BCUT2D eigenvalue weighted by molar-refractivity contribution is 5.89. The highest BCUT2D eigenvalue weighted by atomic mass is 19.1. The molecule has 7 rings (SSSR count). The van der Waals surface area contributed by atoms with Gasteiger partial charge in [-0.05, 0) is 133 Å². The molecule has 436 valence electrons. The number of rotatable bonds is 34. The van der Waals surface area contributed by atoms with Gasteiger partial charge in [0.2, 0.25) is 11.7 Å². The van der Waals surface area contributed by atoms with E-state index in [4.69, 9.17) is 51.8 Å². The van der Waals surface area contributed by atoms with Crippen LogP contribution in [0, 0.1) is 5.82 Å². The number of aryl methyl sites for hydroxylation is 3. The van der Waals surface area contributed by atoms with Gasteiger partial charge in [-0.1, -0.05) is 49.4 Å². The summed E-state index contributed by atoms with van der Waals surface area (Å²) >= 11 is 0. The number of carbonyl (C=O) groups excluding carboxylic acids is 3. The highest BCUT2D eigenvalue weighted by Gasteiger charge is 2.38. The monoisotopic (exact) mass is 1120 g/mol. The molecule has 1 saturated heterocycles. The van der Waals surface area contributed by atoms with E-state index in [9.17, 15) is 18.8 Å². The number of amides is 2. The number of methoxy groups -OCH3 is 5. The first-order chi connectivity index (χ1) is 39.5. The Morgan fingerprint density at radius 3 is 2.06 bits per heavy atom. The summed E-state index contributed by atoms with van der Waals surface area (Å²) in [6.07, 6.45) is 4.11. The average molecular weight is 1120 g/mol. The molecule has 6 aromatic rings. The van der Waals surface area contributed by atoms with Crippen LogP contribution >= 0.6 is 0 Å². The molecule has 1 aliphatic rings. The van der Waals surface area contributed by atoms with Crippen molar-refractivity contribution in [3.05, 3.63) is 143 Å². The maximum atomic E-state index is 14.5. The van der Waals surface area contributed by atoms with Crippen molar-refractivity contribution in [2.75, 3.05) is 101 Å². The van der Waals surface area contributed by atoms with Gasteiger partial charge in [0.25, 0.3) is 5.91 Å². The number of likely N-dealkylation sites (tertiary alicyclic amines) is 1. The maximum absolute atomic E-state index is 14.5. The van der Waals surface area contributed by atoms with E-state index >= 15 is 0 Å². The van der Waals surface area contributed by atoms with Crippen LogP contribution in [-0.2, 0) is 59.1 Å². The Hall–Kier alpha value is -7.38. The Kier molecular flexibility index (Phi) is 24.3. The molecule has 18 heteroatoms. The van der Waals surface area contributed by atoms with E-state index < -0.39 is 24.0 Å². The molecule has 2 heterocycles. The van der Waals surface area contributed by atoms with E-state index in [1.54, 1.807) is 61.6 Å². The topological polar surface area (TPSA) is 184 Å². The van der Waals surface area contributed by atoms with Gasteiger partial charge < -0.3 is 67.3 Å². The Balaban J connectivity index is 0.820. The second kappa shape index (κ2) is 32.2. The fraction of sp³-hybridized carbons (Fsp3) is 0.444. The van der Waals surface area contributed by atoms with Gasteiger partial charge in [0.05, 0.1) is 81.1 Å². The number of nitrogens with zero attached hydrogens (tertiary/aromatic N) is 1. The van der Waals surface area contributed by atoms with Gasteiger partial charge in [0.1, 0.15) is 35.1 Å². The average Bonchev–Trinajstić information content (AvgIpc) is 3.92. The smallest absolute Gasteiger partial charge is 0.329 e. The summed E-state index contributed by atoms with van der Waals surface area (Å²) in [4.78, 5) is 43.5. The standard InChI is InChI=1S/C63H78FN3O14/c1-7-52(48-39-58(73-4)61(75-6)59(40-48)74-5)62(69)67-28-9-8-13-53(67)63(70)81-54(24-18-44-19-25-55(71-2)57(35-44)72-3)46-11-10-12-50(37-46)79-42-60(68)66-27-30-77-32-34-78-33-31-76-29-26-65-41-45-14-20-47-38-51(80-56(47)36-45)23-17-43-15-21-49(64)22-16-43/h10-12,14-16,19-22,25,35-40,52-54,65H,7-9,13,17-18,23-24,26-34,41-42H2,1-6H3,(H,66,68)/t52-,53-,54+/m0/s1. The second-order valence-corrected chi connectivity index (χ2v) is 19.6. The van der Waals surface area contributed by atoms with Crippen LogP contribution in [0.2, 0.25) is 0 Å². The lowest BCUT2D eigenvalue weighted by Crippen LogP contribution is -2.50. The van der Waals surface area contributed by atoms with Gasteiger partial charge in [0.15, 0.2) is 29.6 Å². The molecule has 1 aliphatic heterocycles. The van der Waals surface area contributed by atoms with Crippen molar-refractivity contribution in [3.8, 4) is 34.5 Å². The van der Waals surface area contributed by atoms with E-state index in [1.165, 1.54) is 33.5 Å². The lowest BCUT2D eigenvalue weighted by atomic mass is 9.91. The number of carbonyl (C=O) groups is 3. The number of nitrogens with one attached hydrogen (secondary N) is 2. The van der Waals surface area contributed by atoms with Gasteiger partial charge >= 0.3 is 5.97 Å². The number of hydrogen-bond donors (Lipinski definition) is 2. The number of esters is 1. The summed E-state index contributed by atoms with van der Waals surface area (Å²) < 4.78 is 76.5. The Morgan fingerprint density at radius 2 is 1.36 bits per heavy atom. The van der Waals surface area contributed by atoms with E-state index in [0.29, 0.717) is 131 Å². The van der Waals surface area contributed by atoms with E-state index in [2.05, 4.69) is 34.9 Å². The minimum atomic E-state index is -0.809. The van der Waals surface area contributed by atoms with Gasteiger partial charge in [-0.25, -0.2) is 9.18 Å². The van der Waals surface area contributed by atoms with Crippen molar-refractivity contribution in [3.63, 3.8) is 0 Å². The summed E-state index contributed by atoms with van der Waals surface area (Å²) in [5, 5.41) is 7.28. The molecule has 0 radical (unpaired) electrons. The third-order valence-corrected chi connectivity index (χ3v) is 14.1. The molecule has 0 saturated carbocycles. The zero-order valence-electron chi connectivity index (χ0n) is 47.5. The lowest BCUT2D eigenvalue weighted by Gasteiger charge is -2.37. The van der Waals surface area contributed by atoms with Crippen LogP contribution in [-0.4, -0.2) is 130 Å². The van der Waals surface area contributed by atoms with Crippen molar-refractivity contribution in [2.45, 2.75) is 82.9 Å². The Labute approximate surface area is 474 Å². The molecule has 5 aromatic carbocycles. The largest absolute Gasteiger partial charge is 0.493 e. The number of piperidine rings is 1. The predicted molar refractivity (Wildman–Crippen MR) is 304 cm³/mol. The molecule has 1 fully saturated rings. The fourth-order valence-corrected chi connectivity index (χ4v) is 9.81. The normalized spacial score (nSPS) is 14.0. The van der Waals surface area contributed by atoms with Crippen LogP contribution < -0.4 is 39.1 Å². The first kappa shape index (κ1) is 61.2. The zero-order valence-corrected chi connectivity index (χ0v) is 47.5. The number of furan rings is 1. The molecule has 2 N–H and O–H groups in total. The van der Waals surface area contributed by atoms with Crippen LogP contribution in [0.5, 0.6) is 34.5 Å². The number of benzene rings is 5.